The summed E-state index contributed by atoms with van der Waals surface area (Å²) < 4.78 is 1.50. The Labute approximate surface area is 57.6 Å². The zero-order valence-electron chi connectivity index (χ0n) is 5.23. The molecular formula is C6H6N4. The van der Waals surface area contributed by atoms with E-state index < -0.39 is 0 Å². The van der Waals surface area contributed by atoms with Gasteiger partial charge in [-0.15, -0.1) is 0 Å². The predicted octanol–water partition coefficient (Wildman–Crippen LogP) is 0.0967. The maximum atomic E-state index is 5.54. The predicted molar refractivity (Wildman–Crippen MR) is 36.8 cm³/mol. The second-order valence-corrected chi connectivity index (χ2v) is 1.99. The molecule has 0 radical (unpaired) electrons. The SMILES string of the molecule is Nn1ccnc2nccc1-2. The van der Waals surface area contributed by atoms with Gasteiger partial charge in [0.1, 0.15) is 5.69 Å². The van der Waals surface area contributed by atoms with Crippen LogP contribution in [0.3, 0.4) is 0 Å². The number of fused-ring (bicyclic) bond motifs is 1. The summed E-state index contributed by atoms with van der Waals surface area (Å²) in [6.07, 6.45) is 4.99. The fourth-order valence-electron chi connectivity index (χ4n) is 0.876. The van der Waals surface area contributed by atoms with Crippen molar-refractivity contribution in [3.05, 3.63) is 24.7 Å². The van der Waals surface area contributed by atoms with Crippen LogP contribution in [0.4, 0.5) is 0 Å². The fraction of sp³-hybridized carbons (Fsp3) is 0. The molecule has 2 rings (SSSR count). The Balaban J connectivity index is 2.80. The quantitative estimate of drug-likeness (QED) is 0.520. The molecule has 0 aliphatic carbocycles. The van der Waals surface area contributed by atoms with Crippen molar-refractivity contribution < 1.29 is 0 Å². The minimum Gasteiger partial charge on any atom is -0.339 e. The Morgan fingerprint density at radius 1 is 1.30 bits per heavy atom. The smallest absolute Gasteiger partial charge is 0.178 e. The highest BCUT2D eigenvalue weighted by molar-refractivity contribution is 5.50. The van der Waals surface area contributed by atoms with Crippen LogP contribution in [-0.2, 0) is 0 Å². The lowest BCUT2D eigenvalue weighted by molar-refractivity contribution is 0.963. The summed E-state index contributed by atoms with van der Waals surface area (Å²) in [5, 5.41) is 0. The number of nitrogens with zero attached hydrogens (tertiary/aromatic N) is 3. The Kier molecular flexibility index (Phi) is 0.887. The van der Waals surface area contributed by atoms with Crippen molar-refractivity contribution in [2.45, 2.75) is 0 Å². The van der Waals surface area contributed by atoms with E-state index in [9.17, 15) is 0 Å². The first-order valence-corrected chi connectivity index (χ1v) is 2.91. The zero-order valence-corrected chi connectivity index (χ0v) is 5.23. The monoisotopic (exact) mass is 134 g/mol. The summed E-state index contributed by atoms with van der Waals surface area (Å²) in [4.78, 5) is 7.96. The van der Waals surface area contributed by atoms with Crippen molar-refractivity contribution in [3.8, 4) is 11.5 Å². The second kappa shape index (κ2) is 1.70. The number of nitrogens with two attached hydrogens (primary N) is 1. The van der Waals surface area contributed by atoms with Gasteiger partial charge in [-0.25, -0.2) is 9.97 Å². The van der Waals surface area contributed by atoms with Gasteiger partial charge in [0.2, 0.25) is 0 Å². The summed E-state index contributed by atoms with van der Waals surface area (Å²) in [6.45, 7) is 0. The van der Waals surface area contributed by atoms with Crippen molar-refractivity contribution >= 4 is 0 Å². The molecule has 0 amide bonds. The van der Waals surface area contributed by atoms with E-state index in [1.165, 1.54) is 4.68 Å². The summed E-state index contributed by atoms with van der Waals surface area (Å²) in [5.74, 6) is 6.22. The minimum atomic E-state index is 0.685. The molecule has 4 nitrogen and oxygen atoms in total. The lowest BCUT2D eigenvalue weighted by Gasteiger charge is -2.01. The highest BCUT2D eigenvalue weighted by atomic mass is 15.3. The summed E-state index contributed by atoms with van der Waals surface area (Å²) >= 11 is 0. The molecule has 10 heavy (non-hydrogen) atoms. The van der Waals surface area contributed by atoms with E-state index in [1.54, 1.807) is 18.6 Å². The largest absolute Gasteiger partial charge is 0.339 e. The molecule has 0 aromatic rings. The zero-order chi connectivity index (χ0) is 6.97. The first kappa shape index (κ1) is 5.22. The molecule has 2 aliphatic heterocycles. The average molecular weight is 134 g/mol. The molecule has 4 heteroatoms. The molecule has 2 heterocycles. The molecule has 2 aliphatic rings. The fourth-order valence-corrected chi connectivity index (χ4v) is 0.876. The minimum absolute atomic E-state index is 0.685. The summed E-state index contributed by atoms with van der Waals surface area (Å²) in [5.41, 5.74) is 0.850. The Morgan fingerprint density at radius 3 is 2.90 bits per heavy atom. The van der Waals surface area contributed by atoms with Crippen LogP contribution in [0.2, 0.25) is 0 Å². The van der Waals surface area contributed by atoms with E-state index in [2.05, 4.69) is 9.97 Å². The Morgan fingerprint density at radius 2 is 2.10 bits per heavy atom. The van der Waals surface area contributed by atoms with Gasteiger partial charge < -0.3 is 5.84 Å². The van der Waals surface area contributed by atoms with Crippen LogP contribution in [0.1, 0.15) is 0 Å². The van der Waals surface area contributed by atoms with Gasteiger partial charge in [-0.2, -0.15) is 0 Å². The first-order valence-electron chi connectivity index (χ1n) is 2.91. The molecule has 0 aromatic carbocycles. The van der Waals surface area contributed by atoms with E-state index in [-0.39, 0.29) is 0 Å². The third kappa shape index (κ3) is 0.556. The third-order valence-corrected chi connectivity index (χ3v) is 1.36. The van der Waals surface area contributed by atoms with Gasteiger partial charge in [0.05, 0.1) is 0 Å². The standard InChI is InChI=1S/C6H6N4/c7-10-4-3-9-6-5(10)1-2-8-6/h1-4H,7H2. The molecule has 50 valence electrons. The van der Waals surface area contributed by atoms with E-state index in [0.29, 0.717) is 5.82 Å². The average Bonchev–Trinajstić information content (AvgIpc) is 2.36. The van der Waals surface area contributed by atoms with Crippen LogP contribution < -0.4 is 5.84 Å². The molecule has 0 saturated heterocycles. The molecule has 0 unspecified atom stereocenters. The van der Waals surface area contributed by atoms with E-state index in [4.69, 9.17) is 5.84 Å². The van der Waals surface area contributed by atoms with Gasteiger partial charge in [-0.1, -0.05) is 0 Å². The van der Waals surface area contributed by atoms with Crippen LogP contribution >= 0.6 is 0 Å². The lowest BCUT2D eigenvalue weighted by Crippen LogP contribution is -2.11. The van der Waals surface area contributed by atoms with Crippen molar-refractivity contribution in [3.63, 3.8) is 0 Å². The van der Waals surface area contributed by atoms with Gasteiger partial charge in [-0.05, 0) is 6.07 Å². The van der Waals surface area contributed by atoms with Crippen LogP contribution in [-0.4, -0.2) is 14.6 Å². The summed E-state index contributed by atoms with van der Waals surface area (Å²) in [6, 6.07) is 1.82. The topological polar surface area (TPSA) is 56.7 Å². The molecule has 0 aromatic heterocycles. The highest BCUT2D eigenvalue weighted by Crippen LogP contribution is 2.12. The normalized spacial score (nSPS) is 10.4. The Bertz CT molecular complexity index is 314. The molecular weight excluding hydrogens is 128 g/mol. The highest BCUT2D eigenvalue weighted by Gasteiger charge is 2.04. The molecule has 2 N–H and O–H groups in total. The number of rotatable bonds is 0. The third-order valence-electron chi connectivity index (χ3n) is 1.36. The van der Waals surface area contributed by atoms with E-state index in [0.717, 1.165) is 5.69 Å². The molecule has 0 bridgehead atoms. The van der Waals surface area contributed by atoms with Crippen LogP contribution in [0, 0.1) is 0 Å². The second-order valence-electron chi connectivity index (χ2n) is 1.99. The maximum Gasteiger partial charge on any atom is 0.178 e. The maximum absolute atomic E-state index is 5.54. The number of hydrogen-bond acceptors (Lipinski definition) is 3. The van der Waals surface area contributed by atoms with Crippen molar-refractivity contribution in [1.29, 1.82) is 0 Å². The Hall–Kier alpha value is -1.58. The van der Waals surface area contributed by atoms with Crippen molar-refractivity contribution in [2.24, 2.45) is 0 Å². The van der Waals surface area contributed by atoms with Gasteiger partial charge in [0.25, 0.3) is 0 Å². The number of hydrogen-bond donors (Lipinski definition) is 1. The molecule has 0 saturated carbocycles. The molecule has 0 fully saturated rings. The van der Waals surface area contributed by atoms with Gasteiger partial charge >= 0.3 is 0 Å². The number of nitrogen functional groups attached to an aromatic ring is 1. The van der Waals surface area contributed by atoms with Crippen LogP contribution in [0.25, 0.3) is 11.5 Å². The van der Waals surface area contributed by atoms with E-state index in [1.807, 2.05) is 6.07 Å². The lowest BCUT2D eigenvalue weighted by atomic mass is 10.4. The summed E-state index contributed by atoms with van der Waals surface area (Å²) in [7, 11) is 0. The van der Waals surface area contributed by atoms with Crippen LogP contribution in [0.15, 0.2) is 24.7 Å². The molecule has 0 atom stereocenters. The van der Waals surface area contributed by atoms with E-state index >= 15 is 0 Å². The first-order chi connectivity index (χ1) is 4.88. The number of aromatic nitrogens is 3. The van der Waals surface area contributed by atoms with Crippen molar-refractivity contribution in [1.82, 2.24) is 14.6 Å². The van der Waals surface area contributed by atoms with Gasteiger partial charge in [0.15, 0.2) is 5.82 Å². The van der Waals surface area contributed by atoms with Gasteiger partial charge in [0, 0.05) is 18.6 Å². The molecule has 0 spiro atoms. The van der Waals surface area contributed by atoms with Crippen molar-refractivity contribution in [2.75, 3.05) is 5.84 Å². The van der Waals surface area contributed by atoms with Gasteiger partial charge in [-0.3, -0.25) is 4.68 Å². The van der Waals surface area contributed by atoms with Crippen LogP contribution in [0.5, 0.6) is 0 Å².